The second kappa shape index (κ2) is 6.79. The summed E-state index contributed by atoms with van der Waals surface area (Å²) >= 11 is 0. The standard InChI is InChI=1S/C18H28O/c1-8-18(19-14(6)7)17-10-15(12(2)3)9-16(11-17)13(4)5/h8-14H,1-7H3/b18-8-. The van der Waals surface area contributed by atoms with Crippen LogP contribution in [0.1, 0.15) is 77.0 Å². The van der Waals surface area contributed by atoms with Crippen LogP contribution in [0.4, 0.5) is 0 Å². The van der Waals surface area contributed by atoms with Gasteiger partial charge in [0.15, 0.2) is 0 Å². The zero-order valence-electron chi connectivity index (χ0n) is 13.4. The lowest BCUT2D eigenvalue weighted by atomic mass is 9.92. The molecule has 19 heavy (non-hydrogen) atoms. The summed E-state index contributed by atoms with van der Waals surface area (Å²) in [4.78, 5) is 0. The summed E-state index contributed by atoms with van der Waals surface area (Å²) in [7, 11) is 0. The van der Waals surface area contributed by atoms with Crippen LogP contribution < -0.4 is 0 Å². The average Bonchev–Trinajstić information content (AvgIpc) is 2.34. The fourth-order valence-electron chi connectivity index (χ4n) is 2.04. The zero-order chi connectivity index (χ0) is 14.6. The number of benzene rings is 1. The molecule has 1 nitrogen and oxygen atoms in total. The summed E-state index contributed by atoms with van der Waals surface area (Å²) in [6.07, 6.45) is 2.26. The first-order valence-corrected chi connectivity index (χ1v) is 7.33. The zero-order valence-corrected chi connectivity index (χ0v) is 13.4. The van der Waals surface area contributed by atoms with Crippen molar-refractivity contribution < 1.29 is 4.74 Å². The van der Waals surface area contributed by atoms with Crippen LogP contribution >= 0.6 is 0 Å². The van der Waals surface area contributed by atoms with Gasteiger partial charge in [-0.15, -0.1) is 0 Å². The van der Waals surface area contributed by atoms with Gasteiger partial charge in [-0.3, -0.25) is 0 Å². The fourth-order valence-corrected chi connectivity index (χ4v) is 2.04. The normalized spacial score (nSPS) is 12.6. The number of rotatable bonds is 5. The van der Waals surface area contributed by atoms with Crippen molar-refractivity contribution in [2.45, 2.75) is 66.4 Å². The molecule has 0 unspecified atom stereocenters. The fraction of sp³-hybridized carbons (Fsp3) is 0.556. The molecule has 0 aliphatic rings. The largest absolute Gasteiger partial charge is 0.491 e. The molecule has 106 valence electrons. The highest BCUT2D eigenvalue weighted by atomic mass is 16.5. The summed E-state index contributed by atoms with van der Waals surface area (Å²) in [5, 5.41) is 0. The first-order chi connectivity index (χ1) is 8.85. The summed E-state index contributed by atoms with van der Waals surface area (Å²) in [6, 6.07) is 6.84. The molecule has 1 aromatic rings. The summed E-state index contributed by atoms with van der Waals surface area (Å²) < 4.78 is 5.92. The molecular weight excluding hydrogens is 232 g/mol. The van der Waals surface area contributed by atoms with E-state index in [-0.39, 0.29) is 6.10 Å². The van der Waals surface area contributed by atoms with Crippen LogP contribution in [0.2, 0.25) is 0 Å². The molecule has 0 amide bonds. The molecule has 0 spiro atoms. The van der Waals surface area contributed by atoms with Crippen LogP contribution in [0.25, 0.3) is 5.76 Å². The van der Waals surface area contributed by atoms with E-state index in [1.165, 1.54) is 16.7 Å². The average molecular weight is 260 g/mol. The molecule has 0 aliphatic carbocycles. The maximum atomic E-state index is 5.92. The van der Waals surface area contributed by atoms with E-state index in [4.69, 9.17) is 4.74 Å². The van der Waals surface area contributed by atoms with E-state index >= 15 is 0 Å². The molecule has 0 aliphatic heterocycles. The first-order valence-electron chi connectivity index (χ1n) is 7.33. The van der Waals surface area contributed by atoms with E-state index in [9.17, 15) is 0 Å². The molecule has 0 atom stereocenters. The Bertz CT molecular complexity index is 413. The van der Waals surface area contributed by atoms with Gasteiger partial charge in [-0.2, -0.15) is 0 Å². The third kappa shape index (κ3) is 4.41. The van der Waals surface area contributed by atoms with E-state index in [1.807, 2.05) is 6.92 Å². The summed E-state index contributed by atoms with van der Waals surface area (Å²) in [5.74, 6) is 2.06. The van der Waals surface area contributed by atoms with Gasteiger partial charge in [0.05, 0.1) is 6.10 Å². The molecule has 1 aromatic carbocycles. The molecule has 0 saturated carbocycles. The summed E-state index contributed by atoms with van der Waals surface area (Å²) in [6.45, 7) is 15.1. The first kappa shape index (κ1) is 15.8. The second-order valence-corrected chi connectivity index (χ2v) is 6.02. The Hall–Kier alpha value is -1.24. The van der Waals surface area contributed by atoms with Gasteiger partial charge in [-0.1, -0.05) is 33.8 Å². The number of hydrogen-bond acceptors (Lipinski definition) is 1. The number of ether oxygens (including phenoxy) is 1. The minimum absolute atomic E-state index is 0.205. The predicted octanol–water partition coefficient (Wildman–Crippen LogP) is 5.72. The van der Waals surface area contributed by atoms with Crippen LogP contribution in [0, 0.1) is 0 Å². The van der Waals surface area contributed by atoms with E-state index in [0.29, 0.717) is 11.8 Å². The molecule has 0 fully saturated rings. The van der Waals surface area contributed by atoms with Crippen LogP contribution in [0.5, 0.6) is 0 Å². The Kier molecular flexibility index (Phi) is 5.65. The lowest BCUT2D eigenvalue weighted by Gasteiger charge is -2.18. The van der Waals surface area contributed by atoms with Gasteiger partial charge in [0.25, 0.3) is 0 Å². The van der Waals surface area contributed by atoms with Crippen molar-refractivity contribution in [3.8, 4) is 0 Å². The van der Waals surface area contributed by atoms with Gasteiger partial charge in [-0.05, 0) is 61.9 Å². The van der Waals surface area contributed by atoms with Crippen molar-refractivity contribution in [3.63, 3.8) is 0 Å². The van der Waals surface area contributed by atoms with Gasteiger partial charge >= 0.3 is 0 Å². The van der Waals surface area contributed by atoms with Crippen molar-refractivity contribution in [2.24, 2.45) is 0 Å². The molecule has 0 bridgehead atoms. The van der Waals surface area contributed by atoms with Gasteiger partial charge in [0.2, 0.25) is 0 Å². The maximum absolute atomic E-state index is 5.92. The number of allylic oxidation sites excluding steroid dienone is 1. The summed E-state index contributed by atoms with van der Waals surface area (Å²) in [5.41, 5.74) is 3.96. The molecule has 0 saturated heterocycles. The molecule has 1 heteroatoms. The molecule has 0 radical (unpaired) electrons. The van der Waals surface area contributed by atoms with Crippen LogP contribution in [0.15, 0.2) is 24.3 Å². The molecule has 0 N–H and O–H groups in total. The van der Waals surface area contributed by atoms with E-state index in [1.54, 1.807) is 0 Å². The van der Waals surface area contributed by atoms with E-state index in [2.05, 4.69) is 65.8 Å². The Morgan fingerprint density at radius 2 is 1.37 bits per heavy atom. The van der Waals surface area contributed by atoms with Crippen LogP contribution in [-0.2, 0) is 4.74 Å². The van der Waals surface area contributed by atoms with Gasteiger partial charge < -0.3 is 4.74 Å². The Balaban J connectivity index is 3.25. The predicted molar refractivity (Wildman–Crippen MR) is 84.5 cm³/mol. The van der Waals surface area contributed by atoms with Gasteiger partial charge in [0.1, 0.15) is 5.76 Å². The van der Waals surface area contributed by atoms with Crippen LogP contribution in [-0.4, -0.2) is 6.10 Å². The highest BCUT2D eigenvalue weighted by Crippen LogP contribution is 2.28. The molecule has 0 aromatic heterocycles. The van der Waals surface area contributed by atoms with Crippen molar-refractivity contribution >= 4 is 5.76 Å². The Labute approximate surface area is 118 Å². The maximum Gasteiger partial charge on any atom is 0.122 e. The van der Waals surface area contributed by atoms with Crippen molar-refractivity contribution in [1.82, 2.24) is 0 Å². The van der Waals surface area contributed by atoms with Gasteiger partial charge in [-0.25, -0.2) is 0 Å². The third-order valence-corrected chi connectivity index (χ3v) is 3.22. The SMILES string of the molecule is C/C=C(\OC(C)C)c1cc(C(C)C)cc(C(C)C)c1. The highest BCUT2D eigenvalue weighted by molar-refractivity contribution is 5.61. The quantitative estimate of drug-likeness (QED) is 0.615. The highest BCUT2D eigenvalue weighted by Gasteiger charge is 2.11. The minimum Gasteiger partial charge on any atom is -0.491 e. The molecule has 1 rings (SSSR count). The second-order valence-electron chi connectivity index (χ2n) is 6.02. The van der Waals surface area contributed by atoms with E-state index < -0.39 is 0 Å². The Morgan fingerprint density at radius 3 is 1.68 bits per heavy atom. The number of hydrogen-bond donors (Lipinski definition) is 0. The van der Waals surface area contributed by atoms with Crippen LogP contribution in [0.3, 0.4) is 0 Å². The topological polar surface area (TPSA) is 9.23 Å². The van der Waals surface area contributed by atoms with Crippen molar-refractivity contribution in [3.05, 3.63) is 41.0 Å². The van der Waals surface area contributed by atoms with Crippen molar-refractivity contribution in [2.75, 3.05) is 0 Å². The third-order valence-electron chi connectivity index (χ3n) is 3.22. The van der Waals surface area contributed by atoms with E-state index in [0.717, 1.165) is 5.76 Å². The monoisotopic (exact) mass is 260 g/mol. The van der Waals surface area contributed by atoms with Crippen molar-refractivity contribution in [1.29, 1.82) is 0 Å². The molecule has 0 heterocycles. The lowest BCUT2D eigenvalue weighted by Crippen LogP contribution is -2.03. The smallest absolute Gasteiger partial charge is 0.122 e. The Morgan fingerprint density at radius 1 is 0.895 bits per heavy atom. The molecular formula is C18H28O. The minimum atomic E-state index is 0.205. The lowest BCUT2D eigenvalue weighted by molar-refractivity contribution is 0.204. The van der Waals surface area contributed by atoms with Gasteiger partial charge in [0, 0.05) is 5.56 Å².